The Kier molecular flexibility index (Phi) is 9.41. The van der Waals surface area contributed by atoms with Crippen molar-refractivity contribution in [1.29, 1.82) is 0 Å². The predicted octanol–water partition coefficient (Wildman–Crippen LogP) is 5.76. The number of benzene rings is 3. The summed E-state index contributed by atoms with van der Waals surface area (Å²) in [5.41, 5.74) is 1.40. The summed E-state index contributed by atoms with van der Waals surface area (Å²) in [5.74, 6) is 0. The fraction of sp³-hybridized carbons (Fsp3) is 0.214. The van der Waals surface area contributed by atoms with Gasteiger partial charge in [0.15, 0.2) is 0 Å². The van der Waals surface area contributed by atoms with Gasteiger partial charge in [-0.1, -0.05) is 109 Å². The number of nitrogens with one attached hydrogen (secondary N) is 1. The molecule has 1 aliphatic rings. The first-order valence-electron chi connectivity index (χ1n) is 10.9. The first kappa shape index (κ1) is 23.8. The topological polar surface area (TPSA) is 12.0 Å². The van der Waals surface area contributed by atoms with Crippen molar-refractivity contribution in [3.63, 3.8) is 0 Å². The van der Waals surface area contributed by atoms with Crippen molar-refractivity contribution in [3.8, 4) is 0 Å². The summed E-state index contributed by atoms with van der Waals surface area (Å²) in [4.78, 5) is 0. The van der Waals surface area contributed by atoms with Gasteiger partial charge in [-0.3, -0.25) is 0 Å². The van der Waals surface area contributed by atoms with Gasteiger partial charge in [0, 0.05) is 31.6 Å². The van der Waals surface area contributed by atoms with Crippen LogP contribution in [0.1, 0.15) is 37.8 Å². The van der Waals surface area contributed by atoms with Crippen molar-refractivity contribution in [2.45, 2.75) is 38.3 Å². The molecular formula is C28H30NPRh. The maximum atomic E-state index is 3.87. The molecule has 2 atom stereocenters. The molecular weight excluding hydrogens is 484 g/mol. The van der Waals surface area contributed by atoms with E-state index >= 15 is 0 Å². The monoisotopic (exact) mass is 514 g/mol. The molecule has 1 unspecified atom stereocenters. The van der Waals surface area contributed by atoms with E-state index in [9.17, 15) is 0 Å². The van der Waals surface area contributed by atoms with E-state index in [0.29, 0.717) is 6.04 Å². The molecule has 0 saturated carbocycles. The Hall–Kier alpha value is -1.85. The summed E-state index contributed by atoms with van der Waals surface area (Å²) in [6.45, 7) is 2.30. The van der Waals surface area contributed by atoms with Crippen LogP contribution in [0.4, 0.5) is 0 Å². The van der Waals surface area contributed by atoms with Gasteiger partial charge in [-0.2, -0.15) is 0 Å². The van der Waals surface area contributed by atoms with Crippen LogP contribution in [0.15, 0.2) is 109 Å². The van der Waals surface area contributed by atoms with E-state index in [1.807, 2.05) is 0 Å². The molecule has 0 aromatic heterocycles. The van der Waals surface area contributed by atoms with Gasteiger partial charge in [0.25, 0.3) is 0 Å². The van der Waals surface area contributed by atoms with Crippen LogP contribution in [0.2, 0.25) is 0 Å². The molecule has 1 radical (unpaired) electrons. The minimum atomic E-state index is -0.604. The van der Waals surface area contributed by atoms with Crippen molar-refractivity contribution in [2.24, 2.45) is 0 Å². The standard InChI is InChI=1S/C28H30NP.Rh/c1-23(29-24-15-7-3-2-4-8-16-24)27-21-13-14-22-28(27)30(25-17-9-5-10-18-25)26-19-11-6-12-20-26;/h3,5-14,16-24,29H,2,4,15H2,1H3;/b7-3-,16-8-;/t23?,24-;/m1./s1. The minimum Gasteiger partial charge on any atom is -0.304 e. The Morgan fingerprint density at radius 2 is 1.32 bits per heavy atom. The molecule has 0 amide bonds. The third-order valence-electron chi connectivity index (χ3n) is 5.56. The fourth-order valence-electron chi connectivity index (χ4n) is 4.07. The van der Waals surface area contributed by atoms with E-state index in [1.165, 1.54) is 21.5 Å². The van der Waals surface area contributed by atoms with E-state index in [1.54, 1.807) is 0 Å². The van der Waals surface area contributed by atoms with Crippen LogP contribution in [0.25, 0.3) is 0 Å². The molecule has 1 nitrogen and oxygen atoms in total. The molecule has 0 fully saturated rings. The number of hydrogen-bond acceptors (Lipinski definition) is 1. The zero-order chi connectivity index (χ0) is 20.6. The average molecular weight is 514 g/mol. The second-order valence-corrected chi connectivity index (χ2v) is 9.96. The largest absolute Gasteiger partial charge is 0.304 e. The van der Waals surface area contributed by atoms with E-state index in [-0.39, 0.29) is 25.5 Å². The van der Waals surface area contributed by atoms with Crippen molar-refractivity contribution < 1.29 is 19.5 Å². The first-order valence-corrected chi connectivity index (χ1v) is 12.2. The van der Waals surface area contributed by atoms with Gasteiger partial charge in [-0.15, -0.1) is 0 Å². The maximum Gasteiger partial charge on any atom is 0.0304 e. The van der Waals surface area contributed by atoms with Gasteiger partial charge >= 0.3 is 0 Å². The van der Waals surface area contributed by atoms with Crippen molar-refractivity contribution >= 4 is 23.8 Å². The molecule has 1 N–H and O–H groups in total. The van der Waals surface area contributed by atoms with Crippen LogP contribution < -0.4 is 21.2 Å². The summed E-state index contributed by atoms with van der Waals surface area (Å²) in [6, 6.07) is 31.6. The van der Waals surface area contributed by atoms with Crippen LogP contribution in [0.3, 0.4) is 0 Å². The third kappa shape index (κ3) is 6.33. The van der Waals surface area contributed by atoms with Crippen molar-refractivity contribution in [3.05, 3.63) is 115 Å². The van der Waals surface area contributed by atoms with Gasteiger partial charge in [0.2, 0.25) is 0 Å². The molecule has 31 heavy (non-hydrogen) atoms. The van der Waals surface area contributed by atoms with Gasteiger partial charge in [-0.25, -0.2) is 0 Å². The van der Waals surface area contributed by atoms with Crippen LogP contribution >= 0.6 is 7.92 Å². The fourth-order valence-corrected chi connectivity index (χ4v) is 6.62. The van der Waals surface area contributed by atoms with Crippen molar-refractivity contribution in [2.75, 3.05) is 0 Å². The van der Waals surface area contributed by atoms with Crippen LogP contribution in [0.5, 0.6) is 0 Å². The molecule has 0 saturated heterocycles. The van der Waals surface area contributed by atoms with Gasteiger partial charge in [-0.05, 0) is 55.6 Å². The first-order chi connectivity index (χ1) is 14.8. The van der Waals surface area contributed by atoms with Crippen molar-refractivity contribution in [1.82, 2.24) is 5.32 Å². The average Bonchev–Trinajstić information content (AvgIpc) is 2.77. The number of hydrogen-bond donors (Lipinski definition) is 1. The minimum absolute atomic E-state index is 0. The molecule has 3 aromatic rings. The van der Waals surface area contributed by atoms with Crippen LogP contribution in [-0.4, -0.2) is 6.04 Å². The zero-order valence-corrected chi connectivity index (χ0v) is 20.5. The summed E-state index contributed by atoms with van der Waals surface area (Å²) in [6.07, 6.45) is 12.6. The molecule has 0 aliphatic heterocycles. The molecule has 0 heterocycles. The SMILES string of the molecule is CC(N[C@H]1/C=C\CC/C=C\C1)c1ccccc1P(c1ccccc1)c1ccccc1.[Rh]. The molecule has 0 spiro atoms. The molecule has 0 bridgehead atoms. The molecule has 3 aromatic carbocycles. The van der Waals surface area contributed by atoms with E-state index in [2.05, 4.69) is 121 Å². The summed E-state index contributed by atoms with van der Waals surface area (Å²) >= 11 is 0. The van der Waals surface area contributed by atoms with Crippen LogP contribution in [-0.2, 0) is 19.5 Å². The Morgan fingerprint density at radius 3 is 2.00 bits per heavy atom. The normalized spacial score (nSPS) is 19.0. The molecule has 1 aliphatic carbocycles. The number of allylic oxidation sites excluding steroid dienone is 2. The van der Waals surface area contributed by atoms with E-state index in [0.717, 1.165) is 19.3 Å². The third-order valence-corrected chi connectivity index (χ3v) is 8.08. The summed E-state index contributed by atoms with van der Waals surface area (Å²) < 4.78 is 0. The second kappa shape index (κ2) is 12.3. The molecule has 161 valence electrons. The second-order valence-electron chi connectivity index (χ2n) is 7.77. The quantitative estimate of drug-likeness (QED) is 0.251. The zero-order valence-electron chi connectivity index (χ0n) is 17.9. The van der Waals surface area contributed by atoms with E-state index < -0.39 is 7.92 Å². The van der Waals surface area contributed by atoms with Gasteiger partial charge in [0.1, 0.15) is 0 Å². The Labute approximate surface area is 201 Å². The van der Waals surface area contributed by atoms with Crippen LogP contribution in [0, 0.1) is 0 Å². The Morgan fingerprint density at radius 1 is 0.742 bits per heavy atom. The van der Waals surface area contributed by atoms with Gasteiger partial charge in [0.05, 0.1) is 0 Å². The molecule has 4 rings (SSSR count). The Balaban J connectivity index is 0.00000272. The molecule has 3 heteroatoms. The van der Waals surface area contributed by atoms with Gasteiger partial charge < -0.3 is 5.32 Å². The predicted molar refractivity (Wildman–Crippen MR) is 133 cm³/mol. The summed E-state index contributed by atoms with van der Waals surface area (Å²) in [5, 5.41) is 8.10. The van der Waals surface area contributed by atoms with E-state index in [4.69, 9.17) is 0 Å². The Bertz CT molecular complexity index is 945. The maximum absolute atomic E-state index is 3.87. The summed E-state index contributed by atoms with van der Waals surface area (Å²) in [7, 11) is -0.604. The smallest absolute Gasteiger partial charge is 0.0304 e. The number of rotatable bonds is 6.